The number of ether oxygens (including phenoxy) is 3. The lowest BCUT2D eigenvalue weighted by Crippen LogP contribution is -2.43. The van der Waals surface area contributed by atoms with Gasteiger partial charge < -0.3 is 14.2 Å². The van der Waals surface area contributed by atoms with E-state index in [1.807, 2.05) is 12.1 Å². The second kappa shape index (κ2) is 8.42. The maximum Gasteiger partial charge on any atom is 0.338 e. The quantitative estimate of drug-likeness (QED) is 0.502. The molecule has 1 unspecified atom stereocenters. The summed E-state index contributed by atoms with van der Waals surface area (Å²) in [5, 5.41) is -0.569. The first-order valence-electron chi connectivity index (χ1n) is 8.36. The molecule has 1 heterocycles. The van der Waals surface area contributed by atoms with Crippen LogP contribution in [0.2, 0.25) is 0 Å². The Morgan fingerprint density at radius 1 is 1.04 bits per heavy atom. The molecule has 3 rings (SSSR count). The van der Waals surface area contributed by atoms with Crippen LogP contribution in [0.4, 0.5) is 0 Å². The molecule has 2 aromatic carbocycles. The molecule has 5 nitrogen and oxygen atoms in total. The molecule has 7 heteroatoms. The molecule has 1 aliphatic rings. The third-order valence-corrected chi connectivity index (χ3v) is 6.11. The summed E-state index contributed by atoms with van der Waals surface area (Å²) in [6.07, 6.45) is -1.50. The third-order valence-electron chi connectivity index (χ3n) is 4.26. The first-order chi connectivity index (χ1) is 12.9. The van der Waals surface area contributed by atoms with E-state index in [9.17, 15) is 9.59 Å². The van der Waals surface area contributed by atoms with Crippen LogP contribution in [0.25, 0.3) is 0 Å². The van der Waals surface area contributed by atoms with E-state index in [-0.39, 0.29) is 6.61 Å². The number of rotatable bonds is 5. The summed E-state index contributed by atoms with van der Waals surface area (Å²) in [6.45, 7) is 1.61. The third kappa shape index (κ3) is 4.51. The van der Waals surface area contributed by atoms with E-state index in [1.54, 1.807) is 55.5 Å². The molecule has 142 valence electrons. The van der Waals surface area contributed by atoms with Crippen LogP contribution in [-0.4, -0.2) is 40.6 Å². The maximum absolute atomic E-state index is 12.4. The number of benzene rings is 2. The first kappa shape index (κ1) is 19.9. The number of halogens is 2. The number of hydrogen-bond donors (Lipinski definition) is 0. The van der Waals surface area contributed by atoms with Gasteiger partial charge in [-0.2, -0.15) is 0 Å². The Hall–Kier alpha value is -1.89. The van der Waals surface area contributed by atoms with Crippen molar-refractivity contribution in [2.24, 2.45) is 0 Å². The number of alkyl halides is 2. The van der Waals surface area contributed by atoms with Crippen molar-refractivity contribution in [3.63, 3.8) is 0 Å². The van der Waals surface area contributed by atoms with E-state index in [0.717, 1.165) is 0 Å². The highest BCUT2D eigenvalue weighted by atomic mass is 79.9. The summed E-state index contributed by atoms with van der Waals surface area (Å²) in [4.78, 5) is 23.6. The minimum Gasteiger partial charge on any atom is -0.459 e. The van der Waals surface area contributed by atoms with E-state index in [2.05, 4.69) is 15.9 Å². The Labute approximate surface area is 170 Å². The molecule has 27 heavy (non-hydrogen) atoms. The summed E-state index contributed by atoms with van der Waals surface area (Å²) in [5.41, 5.74) is 0.834. The van der Waals surface area contributed by atoms with Crippen molar-refractivity contribution in [1.82, 2.24) is 0 Å². The average molecular weight is 454 g/mol. The molecule has 0 spiro atoms. The average Bonchev–Trinajstić information content (AvgIpc) is 2.90. The highest BCUT2D eigenvalue weighted by Crippen LogP contribution is 2.42. The van der Waals surface area contributed by atoms with E-state index < -0.39 is 34.0 Å². The lowest BCUT2D eigenvalue weighted by molar-refractivity contribution is -0.0321. The molecule has 1 aliphatic heterocycles. The van der Waals surface area contributed by atoms with Gasteiger partial charge in [-0.1, -0.05) is 52.3 Å². The monoisotopic (exact) mass is 452 g/mol. The van der Waals surface area contributed by atoms with Crippen LogP contribution in [0.1, 0.15) is 27.6 Å². The zero-order chi connectivity index (χ0) is 19.4. The van der Waals surface area contributed by atoms with Crippen molar-refractivity contribution in [3.8, 4) is 0 Å². The summed E-state index contributed by atoms with van der Waals surface area (Å²) in [7, 11) is 0. The van der Waals surface area contributed by atoms with Crippen LogP contribution < -0.4 is 0 Å². The van der Waals surface area contributed by atoms with Crippen molar-refractivity contribution in [2.45, 2.75) is 29.0 Å². The van der Waals surface area contributed by atoms with E-state index in [1.165, 1.54) is 0 Å². The van der Waals surface area contributed by atoms with Gasteiger partial charge in [0.15, 0.2) is 6.10 Å². The molecular formula is C20H18BrClO5. The number of esters is 2. The Morgan fingerprint density at radius 3 is 2.11 bits per heavy atom. The predicted molar refractivity (Wildman–Crippen MR) is 104 cm³/mol. The zero-order valence-corrected chi connectivity index (χ0v) is 16.9. The van der Waals surface area contributed by atoms with Gasteiger partial charge in [0, 0.05) is 0 Å². The van der Waals surface area contributed by atoms with Gasteiger partial charge in [0.25, 0.3) is 0 Å². The van der Waals surface area contributed by atoms with Gasteiger partial charge in [-0.15, -0.1) is 11.6 Å². The Morgan fingerprint density at radius 2 is 1.56 bits per heavy atom. The largest absolute Gasteiger partial charge is 0.459 e. The summed E-state index contributed by atoms with van der Waals surface area (Å²) in [6, 6.07) is 17.2. The van der Waals surface area contributed by atoms with Crippen LogP contribution >= 0.6 is 27.5 Å². The number of hydrogen-bond acceptors (Lipinski definition) is 5. The molecule has 0 radical (unpaired) electrons. The van der Waals surface area contributed by atoms with Crippen LogP contribution in [0, 0.1) is 0 Å². The van der Waals surface area contributed by atoms with Crippen molar-refractivity contribution < 1.29 is 23.8 Å². The van der Waals surface area contributed by atoms with Crippen molar-refractivity contribution in [2.75, 3.05) is 6.61 Å². The molecule has 0 bridgehead atoms. The summed E-state index contributed by atoms with van der Waals surface area (Å²) < 4.78 is 16.7. The molecule has 4 atom stereocenters. The van der Waals surface area contributed by atoms with Gasteiger partial charge in [-0.05, 0) is 31.2 Å². The molecule has 0 saturated carbocycles. The van der Waals surface area contributed by atoms with Gasteiger partial charge in [0.1, 0.15) is 22.6 Å². The zero-order valence-electron chi connectivity index (χ0n) is 14.5. The van der Waals surface area contributed by atoms with Gasteiger partial charge in [0.2, 0.25) is 0 Å². The fourth-order valence-corrected chi connectivity index (χ4v) is 3.52. The highest BCUT2D eigenvalue weighted by molar-refractivity contribution is 9.09. The normalized spacial score (nSPS) is 27.1. The smallest absolute Gasteiger partial charge is 0.338 e. The SMILES string of the molecule is C[C@]1(Cl)C(Br)O[C@H](COC(=O)c2ccccc2)[C@H]1OC(=O)c1ccccc1. The Balaban J connectivity index is 1.69. The molecule has 0 N–H and O–H groups in total. The standard InChI is InChI=1S/C20H18BrClO5/c1-20(22)16(27-18(24)14-10-6-3-7-11-14)15(26-19(20)21)12-25-17(23)13-8-4-2-5-9-13/h2-11,15-16,19H,12H2,1H3/t15-,16-,19?,20-/m1/s1. The lowest BCUT2D eigenvalue weighted by Gasteiger charge is -2.27. The summed E-state index contributed by atoms with van der Waals surface area (Å²) >= 11 is 9.91. The molecule has 2 aromatic rings. The van der Waals surface area contributed by atoms with Crippen molar-refractivity contribution >= 4 is 39.5 Å². The van der Waals surface area contributed by atoms with Gasteiger partial charge >= 0.3 is 11.9 Å². The molecule has 1 fully saturated rings. The predicted octanol–water partition coefficient (Wildman–Crippen LogP) is 4.19. The molecule has 1 saturated heterocycles. The van der Waals surface area contributed by atoms with E-state index in [4.69, 9.17) is 25.8 Å². The second-order valence-corrected chi connectivity index (χ2v) is 7.94. The Kier molecular flexibility index (Phi) is 6.19. The fourth-order valence-electron chi connectivity index (χ4n) is 2.74. The molecule has 0 aliphatic carbocycles. The van der Waals surface area contributed by atoms with E-state index >= 15 is 0 Å². The minimum atomic E-state index is -1.02. The number of carbonyl (C=O) groups is 2. The maximum atomic E-state index is 12.4. The van der Waals surface area contributed by atoms with Crippen LogP contribution in [0.15, 0.2) is 60.7 Å². The lowest BCUT2D eigenvalue weighted by atomic mass is 10.0. The van der Waals surface area contributed by atoms with Gasteiger partial charge in [-0.25, -0.2) is 9.59 Å². The first-order valence-corrected chi connectivity index (χ1v) is 9.65. The van der Waals surface area contributed by atoms with Crippen molar-refractivity contribution in [3.05, 3.63) is 71.8 Å². The second-order valence-electron chi connectivity index (χ2n) is 6.30. The summed E-state index contributed by atoms with van der Waals surface area (Å²) in [5.74, 6) is -1.00. The highest BCUT2D eigenvalue weighted by Gasteiger charge is 2.54. The number of carbonyl (C=O) groups excluding carboxylic acids is 2. The minimum absolute atomic E-state index is 0.0924. The topological polar surface area (TPSA) is 61.8 Å². The van der Waals surface area contributed by atoms with Gasteiger partial charge in [0.05, 0.1) is 11.1 Å². The van der Waals surface area contributed by atoms with Crippen molar-refractivity contribution in [1.29, 1.82) is 0 Å². The molecule has 0 amide bonds. The fraction of sp³-hybridized carbons (Fsp3) is 0.300. The van der Waals surface area contributed by atoms with Crippen LogP contribution in [-0.2, 0) is 14.2 Å². The van der Waals surface area contributed by atoms with Crippen LogP contribution in [0.5, 0.6) is 0 Å². The van der Waals surface area contributed by atoms with E-state index in [0.29, 0.717) is 11.1 Å². The molecule has 0 aromatic heterocycles. The van der Waals surface area contributed by atoms with Crippen LogP contribution in [0.3, 0.4) is 0 Å². The molecular weight excluding hydrogens is 436 g/mol. The van der Waals surface area contributed by atoms with Gasteiger partial charge in [-0.3, -0.25) is 0 Å². The Bertz CT molecular complexity index is 797.